The molecule has 142 valence electrons. The van der Waals surface area contributed by atoms with Crippen LogP contribution in [0.1, 0.15) is 11.5 Å². The summed E-state index contributed by atoms with van der Waals surface area (Å²) in [6, 6.07) is 18.4. The highest BCUT2D eigenvalue weighted by Gasteiger charge is 2.40. The molecule has 0 saturated carbocycles. The number of methoxy groups -OCH3 is 1. The number of nitrogens with zero attached hydrogens (tertiary/aromatic N) is 1. The Labute approximate surface area is 163 Å². The van der Waals surface area contributed by atoms with Gasteiger partial charge in [-0.05, 0) is 17.7 Å². The van der Waals surface area contributed by atoms with Gasteiger partial charge in [0.25, 0.3) is 0 Å². The molecule has 28 heavy (non-hydrogen) atoms. The highest BCUT2D eigenvalue weighted by molar-refractivity contribution is 5.92. The minimum atomic E-state index is -0.506. The third kappa shape index (κ3) is 3.43. The maximum Gasteiger partial charge on any atom is 0.416 e. The first kappa shape index (κ1) is 18.0. The second kappa shape index (κ2) is 7.72. The van der Waals surface area contributed by atoms with Gasteiger partial charge in [-0.3, -0.25) is 4.90 Å². The standard InChI is InChI=1S/C23H21NO4/c1-27-22(25)20-14-19(16-8-4-2-5-9-16)17-12-13-21(20)24(15-17)23(26)28-18-10-6-3-7-11-18/h2-14,17,19,21H,15H2,1H3/t17-,19-,21-/m1/s1. The van der Waals surface area contributed by atoms with E-state index >= 15 is 0 Å². The molecule has 5 nitrogen and oxygen atoms in total. The normalized spacial score (nSPS) is 23.0. The van der Waals surface area contributed by atoms with Crippen LogP contribution in [0.25, 0.3) is 0 Å². The molecule has 2 aliphatic heterocycles. The van der Waals surface area contributed by atoms with Crippen molar-refractivity contribution in [3.63, 3.8) is 0 Å². The number of ether oxygens (including phenoxy) is 2. The number of hydrogen-bond acceptors (Lipinski definition) is 4. The summed E-state index contributed by atoms with van der Waals surface area (Å²) in [7, 11) is 1.36. The largest absolute Gasteiger partial charge is 0.466 e. The smallest absolute Gasteiger partial charge is 0.416 e. The van der Waals surface area contributed by atoms with Crippen LogP contribution < -0.4 is 4.74 Å². The lowest BCUT2D eigenvalue weighted by Gasteiger charge is -2.34. The van der Waals surface area contributed by atoms with Gasteiger partial charge in [-0.2, -0.15) is 0 Å². The number of hydrogen-bond donors (Lipinski definition) is 0. The Morgan fingerprint density at radius 3 is 2.32 bits per heavy atom. The summed E-state index contributed by atoms with van der Waals surface area (Å²) in [5, 5.41) is 0. The van der Waals surface area contributed by atoms with Gasteiger partial charge in [0.2, 0.25) is 0 Å². The Morgan fingerprint density at radius 1 is 0.964 bits per heavy atom. The molecule has 0 unspecified atom stereocenters. The van der Waals surface area contributed by atoms with E-state index in [-0.39, 0.29) is 11.8 Å². The maximum absolute atomic E-state index is 12.9. The lowest BCUT2D eigenvalue weighted by Crippen LogP contribution is -2.47. The molecule has 5 heteroatoms. The van der Waals surface area contributed by atoms with Gasteiger partial charge in [-0.25, -0.2) is 9.59 Å². The van der Waals surface area contributed by atoms with Crippen molar-refractivity contribution >= 4 is 12.1 Å². The number of amides is 1. The molecule has 2 aromatic carbocycles. The van der Waals surface area contributed by atoms with Gasteiger partial charge in [0.15, 0.2) is 0 Å². The van der Waals surface area contributed by atoms with Crippen molar-refractivity contribution in [2.24, 2.45) is 5.92 Å². The number of carbonyl (C=O) groups excluding carboxylic acids is 2. The van der Waals surface area contributed by atoms with Gasteiger partial charge in [0.1, 0.15) is 5.75 Å². The summed E-state index contributed by atoms with van der Waals surface area (Å²) in [6.07, 6.45) is 5.44. The van der Waals surface area contributed by atoms with E-state index in [4.69, 9.17) is 9.47 Å². The predicted octanol–water partition coefficient (Wildman–Crippen LogP) is 3.94. The molecule has 1 aliphatic carbocycles. The summed E-state index contributed by atoms with van der Waals surface area (Å²) >= 11 is 0. The summed E-state index contributed by atoms with van der Waals surface area (Å²) in [4.78, 5) is 27.0. The van der Waals surface area contributed by atoms with E-state index in [0.29, 0.717) is 17.9 Å². The van der Waals surface area contributed by atoms with Crippen LogP contribution in [0.4, 0.5) is 4.79 Å². The van der Waals surface area contributed by atoms with Crippen LogP contribution in [0.5, 0.6) is 5.75 Å². The molecule has 3 atom stereocenters. The number of allylic oxidation sites excluding steroid dienone is 1. The van der Waals surface area contributed by atoms with Crippen molar-refractivity contribution in [2.45, 2.75) is 12.0 Å². The van der Waals surface area contributed by atoms with Crippen LogP contribution >= 0.6 is 0 Å². The van der Waals surface area contributed by atoms with Crippen LogP contribution in [0.2, 0.25) is 0 Å². The molecule has 5 rings (SSSR count). The zero-order valence-electron chi connectivity index (χ0n) is 15.5. The summed E-state index contributed by atoms with van der Waals surface area (Å²) in [6.45, 7) is 0.462. The molecule has 3 aliphatic rings. The molecule has 0 aromatic heterocycles. The SMILES string of the molecule is COC(=O)C1=C[C@H](c2ccccc2)[C@@H]2C=C[C@H]1N(C(=O)Oc1ccccc1)C2. The first-order chi connectivity index (χ1) is 13.7. The van der Waals surface area contributed by atoms with Crippen LogP contribution in [0.15, 0.2) is 84.5 Å². The molecule has 0 spiro atoms. The fraction of sp³-hybridized carbons (Fsp3) is 0.217. The van der Waals surface area contributed by atoms with E-state index in [1.807, 2.05) is 60.7 Å². The first-order valence-corrected chi connectivity index (χ1v) is 9.24. The van der Waals surface area contributed by atoms with E-state index in [1.165, 1.54) is 7.11 Å². The fourth-order valence-corrected chi connectivity index (χ4v) is 3.84. The number of benzene rings is 2. The summed E-state index contributed by atoms with van der Waals surface area (Å²) in [5.74, 6) is 0.0608. The third-order valence-electron chi connectivity index (χ3n) is 5.21. The Bertz CT molecular complexity index is 920. The van der Waals surface area contributed by atoms with Gasteiger partial charge in [-0.1, -0.05) is 66.8 Å². The number of fused-ring (bicyclic) bond motifs is 2. The predicted molar refractivity (Wildman–Crippen MR) is 105 cm³/mol. The molecular weight excluding hydrogens is 354 g/mol. The zero-order chi connectivity index (χ0) is 19.5. The number of esters is 1. The Hall–Kier alpha value is -3.34. The highest BCUT2D eigenvalue weighted by atomic mass is 16.6. The summed E-state index contributed by atoms with van der Waals surface area (Å²) < 4.78 is 10.5. The van der Waals surface area contributed by atoms with Crippen molar-refractivity contribution in [3.05, 3.63) is 90.0 Å². The van der Waals surface area contributed by atoms with Gasteiger partial charge in [0, 0.05) is 18.4 Å². The van der Waals surface area contributed by atoms with Crippen LogP contribution in [-0.2, 0) is 9.53 Å². The molecule has 2 bridgehead atoms. The van der Waals surface area contributed by atoms with Crippen LogP contribution in [0, 0.1) is 5.92 Å². The second-order valence-corrected chi connectivity index (χ2v) is 6.88. The van der Waals surface area contributed by atoms with Crippen molar-refractivity contribution in [2.75, 3.05) is 13.7 Å². The van der Waals surface area contributed by atoms with Crippen molar-refractivity contribution in [1.29, 1.82) is 0 Å². The van der Waals surface area contributed by atoms with E-state index in [9.17, 15) is 9.59 Å². The average Bonchev–Trinajstić information content (AvgIpc) is 3.03. The summed E-state index contributed by atoms with van der Waals surface area (Å²) in [5.41, 5.74) is 1.55. The Balaban J connectivity index is 1.68. The van der Waals surface area contributed by atoms with Crippen LogP contribution in [0.3, 0.4) is 0 Å². The van der Waals surface area contributed by atoms with Gasteiger partial charge >= 0.3 is 12.1 Å². The fourth-order valence-electron chi connectivity index (χ4n) is 3.84. The number of carbonyl (C=O) groups is 2. The second-order valence-electron chi connectivity index (χ2n) is 6.88. The molecule has 0 saturated heterocycles. The van der Waals surface area contributed by atoms with Gasteiger partial charge < -0.3 is 9.47 Å². The van der Waals surface area contributed by atoms with E-state index in [0.717, 1.165) is 5.56 Å². The molecule has 1 amide bonds. The average molecular weight is 375 g/mol. The van der Waals surface area contributed by atoms with Crippen molar-refractivity contribution in [1.82, 2.24) is 4.90 Å². The molecule has 2 aromatic rings. The van der Waals surface area contributed by atoms with Gasteiger partial charge in [0.05, 0.1) is 18.7 Å². The lowest BCUT2D eigenvalue weighted by atomic mass is 9.85. The minimum Gasteiger partial charge on any atom is -0.466 e. The van der Waals surface area contributed by atoms with Crippen molar-refractivity contribution < 1.29 is 19.1 Å². The van der Waals surface area contributed by atoms with E-state index in [1.54, 1.807) is 17.0 Å². The molecule has 2 heterocycles. The Morgan fingerprint density at radius 2 is 1.64 bits per heavy atom. The monoisotopic (exact) mass is 375 g/mol. The Kier molecular flexibility index (Phi) is 4.98. The molecule has 0 N–H and O–H groups in total. The highest BCUT2D eigenvalue weighted by Crippen LogP contribution is 2.38. The molecular formula is C23H21NO4. The van der Waals surface area contributed by atoms with Gasteiger partial charge in [-0.15, -0.1) is 0 Å². The van der Waals surface area contributed by atoms with Crippen LogP contribution in [-0.4, -0.2) is 36.7 Å². The lowest BCUT2D eigenvalue weighted by molar-refractivity contribution is -0.136. The maximum atomic E-state index is 12.9. The first-order valence-electron chi connectivity index (χ1n) is 9.24. The molecule has 0 radical (unpaired) electrons. The topological polar surface area (TPSA) is 55.8 Å². The minimum absolute atomic E-state index is 0.0222. The van der Waals surface area contributed by atoms with E-state index in [2.05, 4.69) is 6.08 Å². The number of para-hydroxylation sites is 1. The zero-order valence-corrected chi connectivity index (χ0v) is 15.5. The van der Waals surface area contributed by atoms with Crippen molar-refractivity contribution in [3.8, 4) is 5.75 Å². The quantitative estimate of drug-likeness (QED) is 0.602. The third-order valence-corrected chi connectivity index (χ3v) is 5.21. The van der Waals surface area contributed by atoms with E-state index < -0.39 is 18.1 Å². The number of rotatable bonds is 3. The molecule has 0 fully saturated rings.